The number of hydrogen-bond acceptors (Lipinski definition) is 6. The van der Waals surface area contributed by atoms with Crippen LogP contribution in [0.5, 0.6) is 5.75 Å². The quantitative estimate of drug-likeness (QED) is 0.345. The van der Waals surface area contributed by atoms with Gasteiger partial charge in [-0.05, 0) is 84.1 Å². The van der Waals surface area contributed by atoms with Crippen LogP contribution in [0.4, 0.5) is 5.69 Å². The standard InChI is InChI=1S/C21H19IN2O4S/c1-3-27-19(25)12-28-17-9-6-14(10-16(17)22)11-18-20(26)24-21(29-18)23-15-7-4-13(2)5-8-15/h4-11H,3,12H2,1-2H3,(H,23,24,26)/b18-11+. The molecule has 150 valence electrons. The summed E-state index contributed by atoms with van der Waals surface area (Å²) >= 11 is 3.43. The first-order chi connectivity index (χ1) is 13.9. The Bertz CT molecular complexity index is 987. The average Bonchev–Trinajstić information content (AvgIpc) is 3.02. The van der Waals surface area contributed by atoms with Crippen molar-refractivity contribution >= 4 is 63.2 Å². The summed E-state index contributed by atoms with van der Waals surface area (Å²) < 4.78 is 11.2. The summed E-state index contributed by atoms with van der Waals surface area (Å²) in [6.45, 7) is 3.94. The molecule has 3 rings (SSSR count). The summed E-state index contributed by atoms with van der Waals surface area (Å²) in [7, 11) is 0. The highest BCUT2D eigenvalue weighted by atomic mass is 127. The van der Waals surface area contributed by atoms with E-state index in [1.54, 1.807) is 19.1 Å². The van der Waals surface area contributed by atoms with Crippen molar-refractivity contribution in [3.05, 3.63) is 62.1 Å². The fraction of sp³-hybridized carbons (Fsp3) is 0.190. The minimum absolute atomic E-state index is 0.138. The van der Waals surface area contributed by atoms with Gasteiger partial charge in [0, 0.05) is 0 Å². The Morgan fingerprint density at radius 2 is 2.00 bits per heavy atom. The lowest BCUT2D eigenvalue weighted by Crippen LogP contribution is -2.19. The Balaban J connectivity index is 1.69. The molecule has 1 amide bonds. The average molecular weight is 522 g/mol. The molecule has 0 aliphatic carbocycles. The van der Waals surface area contributed by atoms with Gasteiger partial charge in [-0.2, -0.15) is 0 Å². The number of benzene rings is 2. The molecule has 0 aromatic heterocycles. The summed E-state index contributed by atoms with van der Waals surface area (Å²) in [5.41, 5.74) is 2.80. The minimum atomic E-state index is -0.408. The van der Waals surface area contributed by atoms with Crippen molar-refractivity contribution in [3.8, 4) is 5.75 Å². The summed E-state index contributed by atoms with van der Waals surface area (Å²) in [6, 6.07) is 13.3. The topological polar surface area (TPSA) is 77.0 Å². The van der Waals surface area contributed by atoms with Crippen molar-refractivity contribution < 1.29 is 19.1 Å². The zero-order chi connectivity index (χ0) is 20.8. The summed E-state index contributed by atoms with van der Waals surface area (Å²) in [6.07, 6.45) is 1.80. The Labute approximate surface area is 186 Å². The molecule has 1 N–H and O–H groups in total. The lowest BCUT2D eigenvalue weighted by Gasteiger charge is -2.08. The fourth-order valence-corrected chi connectivity index (χ4v) is 3.97. The minimum Gasteiger partial charge on any atom is -0.481 e. The van der Waals surface area contributed by atoms with Gasteiger partial charge in [0.25, 0.3) is 5.91 Å². The van der Waals surface area contributed by atoms with E-state index in [1.807, 2.05) is 43.3 Å². The highest BCUT2D eigenvalue weighted by Crippen LogP contribution is 2.30. The van der Waals surface area contributed by atoms with Crippen LogP contribution >= 0.6 is 34.4 Å². The van der Waals surface area contributed by atoms with Gasteiger partial charge in [-0.1, -0.05) is 23.8 Å². The third-order valence-corrected chi connectivity index (χ3v) is 5.57. The van der Waals surface area contributed by atoms with Crippen molar-refractivity contribution in [3.63, 3.8) is 0 Å². The number of carbonyl (C=O) groups is 2. The van der Waals surface area contributed by atoms with E-state index in [4.69, 9.17) is 9.47 Å². The number of halogens is 1. The number of amides is 1. The van der Waals surface area contributed by atoms with Gasteiger partial charge in [-0.15, -0.1) is 0 Å². The second-order valence-corrected chi connectivity index (χ2v) is 8.29. The third-order valence-electron chi connectivity index (χ3n) is 3.82. The third kappa shape index (κ3) is 6.07. The maximum Gasteiger partial charge on any atom is 0.344 e. The summed E-state index contributed by atoms with van der Waals surface area (Å²) in [5.74, 6) is -0.00151. The van der Waals surface area contributed by atoms with Crippen molar-refractivity contribution in [2.24, 2.45) is 4.99 Å². The van der Waals surface area contributed by atoms with E-state index < -0.39 is 5.97 Å². The van der Waals surface area contributed by atoms with E-state index in [2.05, 4.69) is 32.9 Å². The van der Waals surface area contributed by atoms with Gasteiger partial charge in [0.2, 0.25) is 0 Å². The molecule has 1 aliphatic rings. The number of thioether (sulfide) groups is 1. The molecular formula is C21H19IN2O4S. The molecule has 6 nitrogen and oxygen atoms in total. The predicted molar refractivity (Wildman–Crippen MR) is 123 cm³/mol. The normalized spacial score (nSPS) is 16.2. The maximum atomic E-state index is 12.3. The predicted octanol–water partition coefficient (Wildman–Crippen LogP) is 4.43. The van der Waals surface area contributed by atoms with Crippen LogP contribution in [0.2, 0.25) is 0 Å². The van der Waals surface area contributed by atoms with Crippen molar-refractivity contribution in [1.82, 2.24) is 5.32 Å². The Morgan fingerprint density at radius 1 is 1.24 bits per heavy atom. The number of esters is 1. The van der Waals surface area contributed by atoms with Crippen LogP contribution in [-0.2, 0) is 14.3 Å². The summed E-state index contributed by atoms with van der Waals surface area (Å²) in [4.78, 5) is 28.7. The second-order valence-electron chi connectivity index (χ2n) is 6.10. The van der Waals surface area contributed by atoms with Crippen LogP contribution < -0.4 is 10.1 Å². The molecule has 2 aromatic carbocycles. The van der Waals surface area contributed by atoms with Crippen LogP contribution in [0.25, 0.3) is 6.08 Å². The van der Waals surface area contributed by atoms with Crippen molar-refractivity contribution in [1.29, 1.82) is 0 Å². The molecule has 0 spiro atoms. The zero-order valence-corrected chi connectivity index (χ0v) is 18.9. The van der Waals surface area contributed by atoms with Crippen LogP contribution in [0.1, 0.15) is 18.1 Å². The van der Waals surface area contributed by atoms with E-state index >= 15 is 0 Å². The number of nitrogens with one attached hydrogen (secondary N) is 1. The number of nitrogens with zero attached hydrogens (tertiary/aromatic N) is 1. The van der Waals surface area contributed by atoms with E-state index in [9.17, 15) is 9.59 Å². The number of rotatable bonds is 6. The first-order valence-electron chi connectivity index (χ1n) is 8.89. The lowest BCUT2D eigenvalue weighted by atomic mass is 10.2. The lowest BCUT2D eigenvalue weighted by molar-refractivity contribution is -0.145. The monoisotopic (exact) mass is 522 g/mol. The molecule has 0 radical (unpaired) electrons. The maximum absolute atomic E-state index is 12.3. The molecule has 1 saturated heterocycles. The number of ether oxygens (including phenoxy) is 2. The van der Waals surface area contributed by atoms with E-state index in [-0.39, 0.29) is 12.5 Å². The summed E-state index contributed by atoms with van der Waals surface area (Å²) in [5, 5.41) is 3.34. The van der Waals surface area contributed by atoms with E-state index in [0.717, 1.165) is 20.4 Å². The zero-order valence-electron chi connectivity index (χ0n) is 15.9. The van der Waals surface area contributed by atoms with Crippen molar-refractivity contribution in [2.75, 3.05) is 13.2 Å². The number of carbonyl (C=O) groups excluding carboxylic acids is 2. The van der Waals surface area contributed by atoms with E-state index in [1.165, 1.54) is 11.8 Å². The first-order valence-corrected chi connectivity index (χ1v) is 10.8. The molecule has 8 heteroatoms. The Morgan fingerprint density at radius 3 is 2.69 bits per heavy atom. The van der Waals surface area contributed by atoms with Crippen LogP contribution in [0.15, 0.2) is 52.4 Å². The van der Waals surface area contributed by atoms with Gasteiger partial charge in [0.15, 0.2) is 11.8 Å². The molecule has 1 fully saturated rings. The molecular weight excluding hydrogens is 503 g/mol. The van der Waals surface area contributed by atoms with Gasteiger partial charge in [-0.3, -0.25) is 4.79 Å². The first kappa shape index (κ1) is 21.4. The number of aryl methyl sites for hydroxylation is 1. The van der Waals surface area contributed by atoms with Crippen LogP contribution in [0.3, 0.4) is 0 Å². The molecule has 0 unspecified atom stereocenters. The molecule has 1 heterocycles. The van der Waals surface area contributed by atoms with Crippen LogP contribution in [0, 0.1) is 10.5 Å². The van der Waals surface area contributed by atoms with Gasteiger partial charge in [0.1, 0.15) is 5.75 Å². The highest BCUT2D eigenvalue weighted by molar-refractivity contribution is 14.1. The molecule has 1 aliphatic heterocycles. The molecule has 2 aromatic rings. The molecule has 0 bridgehead atoms. The number of amidine groups is 1. The molecule has 0 saturated carbocycles. The Kier molecular flexibility index (Phi) is 7.32. The SMILES string of the molecule is CCOC(=O)COc1ccc(/C=C2/SC(=Nc3ccc(C)cc3)NC2=O)cc1I. The Hall–Kier alpha value is -2.33. The molecule has 29 heavy (non-hydrogen) atoms. The van der Waals surface area contributed by atoms with Gasteiger partial charge >= 0.3 is 5.97 Å². The molecule has 0 atom stereocenters. The van der Waals surface area contributed by atoms with Gasteiger partial charge in [-0.25, -0.2) is 9.79 Å². The highest BCUT2D eigenvalue weighted by Gasteiger charge is 2.23. The fourth-order valence-electron chi connectivity index (χ4n) is 2.43. The van der Waals surface area contributed by atoms with Crippen LogP contribution in [-0.4, -0.2) is 30.3 Å². The van der Waals surface area contributed by atoms with E-state index in [0.29, 0.717) is 22.4 Å². The van der Waals surface area contributed by atoms with Gasteiger partial charge in [0.05, 0.1) is 20.8 Å². The number of hydrogen-bond donors (Lipinski definition) is 1. The van der Waals surface area contributed by atoms with Gasteiger partial charge < -0.3 is 14.8 Å². The van der Waals surface area contributed by atoms with Crippen molar-refractivity contribution in [2.45, 2.75) is 13.8 Å². The largest absolute Gasteiger partial charge is 0.481 e. The smallest absolute Gasteiger partial charge is 0.344 e. The number of aliphatic imine (C=N–C) groups is 1. The second kappa shape index (κ2) is 9.93.